The zero-order chi connectivity index (χ0) is 20.6. The number of nitrogens with one attached hydrogen (secondary N) is 1. The van der Waals surface area contributed by atoms with E-state index in [9.17, 15) is 9.59 Å². The molecule has 3 rings (SSSR count). The van der Waals surface area contributed by atoms with E-state index in [0.717, 1.165) is 5.56 Å². The number of ether oxygens (including phenoxy) is 3. The molecule has 1 aliphatic heterocycles. The van der Waals surface area contributed by atoms with Gasteiger partial charge in [-0.3, -0.25) is 0 Å². The van der Waals surface area contributed by atoms with Crippen LogP contribution in [-0.4, -0.2) is 61.3 Å². The maximum Gasteiger partial charge on any atom is 0.410 e. The number of carbonyl (C=O) groups is 2. The lowest BCUT2D eigenvalue weighted by Gasteiger charge is -2.32. The Bertz CT molecular complexity index is 849. The van der Waals surface area contributed by atoms with Crippen LogP contribution < -0.4 is 10.1 Å². The number of aromatic nitrogens is 1. The van der Waals surface area contributed by atoms with E-state index in [1.54, 1.807) is 17.0 Å². The minimum Gasteiger partial charge on any atom is -0.475 e. The summed E-state index contributed by atoms with van der Waals surface area (Å²) < 4.78 is 16.5. The van der Waals surface area contributed by atoms with E-state index in [0.29, 0.717) is 30.0 Å². The van der Waals surface area contributed by atoms with Crippen LogP contribution in [0.2, 0.25) is 0 Å². The monoisotopic (exact) mass is 463 g/mol. The molecule has 0 saturated carbocycles. The Morgan fingerprint density at radius 2 is 2.03 bits per heavy atom. The third-order valence-corrected chi connectivity index (χ3v) is 4.95. The van der Waals surface area contributed by atoms with Crippen molar-refractivity contribution in [2.24, 2.45) is 0 Å². The molecule has 0 bridgehead atoms. The van der Waals surface area contributed by atoms with Crippen LogP contribution in [0.5, 0.6) is 5.88 Å². The number of pyridine rings is 1. The minimum absolute atomic E-state index is 0.0940. The van der Waals surface area contributed by atoms with Crippen molar-refractivity contribution in [1.29, 1.82) is 0 Å². The molecule has 0 aliphatic carbocycles. The van der Waals surface area contributed by atoms with E-state index < -0.39 is 5.97 Å². The van der Waals surface area contributed by atoms with E-state index in [1.807, 2.05) is 30.3 Å². The highest BCUT2D eigenvalue weighted by Gasteiger charge is 2.25. The van der Waals surface area contributed by atoms with Gasteiger partial charge in [0.2, 0.25) is 5.88 Å². The fraction of sp³-hybridized carbons (Fsp3) is 0.350. The number of hydrogen-bond acceptors (Lipinski definition) is 7. The molecule has 1 aromatic carbocycles. The van der Waals surface area contributed by atoms with E-state index in [4.69, 9.17) is 9.47 Å². The van der Waals surface area contributed by atoms with Gasteiger partial charge in [-0.1, -0.05) is 30.3 Å². The Labute approximate surface area is 177 Å². The van der Waals surface area contributed by atoms with Gasteiger partial charge < -0.3 is 24.4 Å². The second kappa shape index (κ2) is 10.2. The van der Waals surface area contributed by atoms with Crippen LogP contribution in [0.15, 0.2) is 46.9 Å². The molecule has 0 spiro atoms. The molecule has 2 aromatic rings. The average molecular weight is 464 g/mol. The van der Waals surface area contributed by atoms with Crippen LogP contribution in [-0.2, 0) is 16.1 Å². The smallest absolute Gasteiger partial charge is 0.410 e. The number of benzene rings is 1. The summed E-state index contributed by atoms with van der Waals surface area (Å²) in [6.45, 7) is 2.15. The molecule has 29 heavy (non-hydrogen) atoms. The third kappa shape index (κ3) is 5.91. The number of piperazine rings is 1. The molecular weight excluding hydrogens is 442 g/mol. The van der Waals surface area contributed by atoms with E-state index >= 15 is 0 Å². The highest BCUT2D eigenvalue weighted by Crippen LogP contribution is 2.23. The van der Waals surface area contributed by atoms with E-state index in [1.165, 1.54) is 7.11 Å². The van der Waals surface area contributed by atoms with Crippen LogP contribution in [0.1, 0.15) is 16.1 Å². The molecule has 1 saturated heterocycles. The van der Waals surface area contributed by atoms with Gasteiger partial charge in [0.25, 0.3) is 0 Å². The fourth-order valence-corrected chi connectivity index (χ4v) is 3.17. The topological polar surface area (TPSA) is 90.0 Å². The third-order valence-electron chi connectivity index (χ3n) is 4.35. The van der Waals surface area contributed by atoms with Crippen LogP contribution in [0.4, 0.5) is 4.79 Å². The summed E-state index contributed by atoms with van der Waals surface area (Å²) in [6.07, 6.45) is -0.354. The van der Waals surface area contributed by atoms with Crippen LogP contribution in [0.3, 0.4) is 0 Å². The fourth-order valence-electron chi connectivity index (χ4n) is 2.84. The lowest BCUT2D eigenvalue weighted by atomic mass is 10.2. The second-order valence-corrected chi connectivity index (χ2v) is 7.28. The minimum atomic E-state index is -0.537. The van der Waals surface area contributed by atoms with Crippen molar-refractivity contribution in [2.45, 2.75) is 12.6 Å². The number of carbonyl (C=O) groups excluding carboxylic acids is 2. The summed E-state index contributed by atoms with van der Waals surface area (Å²) in [5.74, 6) is -0.246. The van der Waals surface area contributed by atoms with Crippen molar-refractivity contribution in [3.63, 3.8) is 0 Å². The van der Waals surface area contributed by atoms with E-state index in [-0.39, 0.29) is 31.0 Å². The zero-order valence-corrected chi connectivity index (χ0v) is 17.6. The normalized spacial score (nSPS) is 16.2. The zero-order valence-electron chi connectivity index (χ0n) is 16.0. The Balaban J connectivity index is 1.52. The van der Waals surface area contributed by atoms with Crippen LogP contribution in [0, 0.1) is 0 Å². The van der Waals surface area contributed by atoms with Gasteiger partial charge in [0.15, 0.2) is 5.69 Å². The number of hydrogen-bond donors (Lipinski definition) is 1. The molecule has 1 aromatic heterocycles. The van der Waals surface area contributed by atoms with Gasteiger partial charge in [-0.15, -0.1) is 0 Å². The summed E-state index contributed by atoms with van der Waals surface area (Å²) in [7, 11) is 1.30. The number of rotatable bonds is 6. The highest BCUT2D eigenvalue weighted by atomic mass is 79.9. The van der Waals surface area contributed by atoms with Gasteiger partial charge >= 0.3 is 12.1 Å². The number of halogens is 1. The van der Waals surface area contributed by atoms with Gasteiger partial charge in [0, 0.05) is 19.6 Å². The Morgan fingerprint density at radius 1 is 1.24 bits per heavy atom. The van der Waals surface area contributed by atoms with Gasteiger partial charge in [0.1, 0.15) is 13.2 Å². The molecule has 0 radical (unpaired) electrons. The van der Waals surface area contributed by atoms with Crippen molar-refractivity contribution < 1.29 is 23.8 Å². The summed E-state index contributed by atoms with van der Waals surface area (Å²) in [5, 5.41) is 3.31. The SMILES string of the molecule is COC(=O)c1ccc(Br)c(OC[C@H]2CN(C(=O)OCc3ccccc3)CCN2)n1. The molecule has 1 aliphatic rings. The van der Waals surface area contributed by atoms with Crippen molar-refractivity contribution in [1.82, 2.24) is 15.2 Å². The molecule has 2 heterocycles. The van der Waals surface area contributed by atoms with Crippen LogP contribution >= 0.6 is 15.9 Å². The quantitative estimate of drug-likeness (QED) is 0.658. The first-order chi connectivity index (χ1) is 14.1. The standard InChI is InChI=1S/C20H22BrN3O5/c1-27-19(25)17-8-7-16(21)18(23-17)28-13-15-11-24(10-9-22-15)20(26)29-12-14-5-3-2-4-6-14/h2-8,15,22H,9-13H2,1H3/t15-/m1/s1. The largest absolute Gasteiger partial charge is 0.475 e. The lowest BCUT2D eigenvalue weighted by Crippen LogP contribution is -2.54. The highest BCUT2D eigenvalue weighted by molar-refractivity contribution is 9.10. The summed E-state index contributed by atoms with van der Waals surface area (Å²) in [6, 6.07) is 12.7. The molecular formula is C20H22BrN3O5. The summed E-state index contributed by atoms with van der Waals surface area (Å²) >= 11 is 3.36. The van der Waals surface area contributed by atoms with Crippen LogP contribution in [0.25, 0.3) is 0 Å². The number of esters is 1. The molecule has 1 amide bonds. The first-order valence-corrected chi connectivity index (χ1v) is 9.93. The second-order valence-electron chi connectivity index (χ2n) is 6.42. The predicted octanol–water partition coefficient (Wildman–Crippen LogP) is 2.62. The molecule has 8 nitrogen and oxygen atoms in total. The van der Waals surface area contributed by atoms with Gasteiger partial charge in [-0.2, -0.15) is 0 Å². The van der Waals surface area contributed by atoms with Gasteiger partial charge in [-0.25, -0.2) is 14.6 Å². The number of nitrogens with zero attached hydrogens (tertiary/aromatic N) is 2. The van der Waals surface area contributed by atoms with Gasteiger partial charge in [0.05, 0.1) is 17.6 Å². The van der Waals surface area contributed by atoms with E-state index in [2.05, 4.69) is 31.0 Å². The van der Waals surface area contributed by atoms with Crippen molar-refractivity contribution in [2.75, 3.05) is 33.4 Å². The first-order valence-electron chi connectivity index (χ1n) is 9.13. The maximum atomic E-state index is 12.4. The lowest BCUT2D eigenvalue weighted by molar-refractivity contribution is 0.0591. The van der Waals surface area contributed by atoms with Gasteiger partial charge in [-0.05, 0) is 33.6 Å². The maximum absolute atomic E-state index is 12.4. The molecule has 1 N–H and O–H groups in total. The Hall–Kier alpha value is -2.65. The van der Waals surface area contributed by atoms with Crippen molar-refractivity contribution in [3.8, 4) is 5.88 Å². The average Bonchev–Trinajstić information content (AvgIpc) is 2.77. The molecule has 1 atom stereocenters. The summed E-state index contributed by atoms with van der Waals surface area (Å²) in [5.41, 5.74) is 1.10. The molecule has 9 heteroatoms. The van der Waals surface area contributed by atoms with Crippen molar-refractivity contribution >= 4 is 28.0 Å². The molecule has 154 valence electrons. The predicted molar refractivity (Wildman–Crippen MR) is 109 cm³/mol. The Kier molecular flexibility index (Phi) is 7.42. The summed E-state index contributed by atoms with van der Waals surface area (Å²) in [4.78, 5) is 29.8. The number of amides is 1. The molecule has 1 fully saturated rings. The Morgan fingerprint density at radius 3 is 2.79 bits per heavy atom. The molecule has 0 unspecified atom stereocenters. The first kappa shape index (κ1) is 21.1. The number of methoxy groups -OCH3 is 1. The van der Waals surface area contributed by atoms with Crippen molar-refractivity contribution in [3.05, 3.63) is 58.2 Å².